The molecule has 3 aromatic carbocycles. The van der Waals surface area contributed by atoms with E-state index >= 15 is 0 Å². The molecule has 0 saturated carbocycles. The van der Waals surface area contributed by atoms with Gasteiger partial charge in [0.25, 0.3) is 15.7 Å². The maximum atomic E-state index is 14.2. The molecule has 0 heterocycles. The SMILES string of the molecule is CCC(C(=O)NC(C)C)N(Cc1ccccc1Cl)C(=O)CN(c1cc(Cl)ccc1OC)S(=O)(=O)c1ccc(C)c([N+](=O)[O-])c1. The van der Waals surface area contributed by atoms with E-state index in [-0.39, 0.29) is 41.0 Å². The van der Waals surface area contributed by atoms with Gasteiger partial charge in [0.15, 0.2) is 0 Å². The highest BCUT2D eigenvalue weighted by Gasteiger charge is 2.36. The van der Waals surface area contributed by atoms with E-state index in [4.69, 9.17) is 27.9 Å². The number of benzene rings is 3. The summed E-state index contributed by atoms with van der Waals surface area (Å²) < 4.78 is 34.6. The lowest BCUT2D eigenvalue weighted by Crippen LogP contribution is -2.53. The monoisotopic (exact) mass is 664 g/mol. The Balaban J connectivity index is 2.20. The molecule has 0 radical (unpaired) electrons. The quantitative estimate of drug-likeness (QED) is 0.181. The van der Waals surface area contributed by atoms with Crippen LogP contribution >= 0.6 is 23.2 Å². The third-order valence-electron chi connectivity index (χ3n) is 6.77. The van der Waals surface area contributed by atoms with Crippen LogP contribution in [0.1, 0.15) is 38.3 Å². The Morgan fingerprint density at radius 2 is 1.75 bits per heavy atom. The van der Waals surface area contributed by atoms with Gasteiger partial charge in [0.1, 0.15) is 18.3 Å². The zero-order valence-corrected chi connectivity index (χ0v) is 27.2. The van der Waals surface area contributed by atoms with Crippen molar-refractivity contribution in [1.82, 2.24) is 10.2 Å². The third-order valence-corrected chi connectivity index (χ3v) is 9.13. The molecule has 3 aromatic rings. The van der Waals surface area contributed by atoms with E-state index < -0.39 is 49.9 Å². The zero-order chi connectivity index (χ0) is 32.8. The topological polar surface area (TPSA) is 139 Å². The molecule has 0 fully saturated rings. The molecule has 0 bridgehead atoms. The lowest BCUT2D eigenvalue weighted by Gasteiger charge is -2.34. The highest BCUT2D eigenvalue weighted by atomic mass is 35.5. The Hall–Kier alpha value is -3.87. The minimum absolute atomic E-state index is 0.0750. The van der Waals surface area contributed by atoms with E-state index in [1.54, 1.807) is 45.0 Å². The predicted molar refractivity (Wildman–Crippen MR) is 170 cm³/mol. The van der Waals surface area contributed by atoms with Gasteiger partial charge < -0.3 is 15.0 Å². The molecule has 11 nitrogen and oxygen atoms in total. The molecule has 2 amide bonds. The Bertz CT molecular complexity index is 1650. The molecule has 0 aliphatic carbocycles. The van der Waals surface area contributed by atoms with E-state index in [0.717, 1.165) is 10.4 Å². The molecule has 0 aliphatic rings. The number of rotatable bonds is 13. The summed E-state index contributed by atoms with van der Waals surface area (Å²) in [6.07, 6.45) is 0.214. The van der Waals surface area contributed by atoms with Crippen molar-refractivity contribution < 1.29 is 27.7 Å². The van der Waals surface area contributed by atoms with Crippen LogP contribution < -0.4 is 14.4 Å². The van der Waals surface area contributed by atoms with E-state index in [1.165, 1.54) is 49.3 Å². The van der Waals surface area contributed by atoms with Crippen molar-refractivity contribution in [3.63, 3.8) is 0 Å². The number of carbonyl (C=O) groups is 2. The second kappa shape index (κ2) is 14.7. The Kier molecular flexibility index (Phi) is 11.6. The number of nitrogens with one attached hydrogen (secondary N) is 1. The number of carbonyl (C=O) groups excluding carboxylic acids is 2. The van der Waals surface area contributed by atoms with Crippen LogP contribution in [0.4, 0.5) is 11.4 Å². The molecule has 14 heteroatoms. The molecule has 0 spiro atoms. The number of nitro benzene ring substituents is 1. The van der Waals surface area contributed by atoms with E-state index in [9.17, 15) is 28.1 Å². The van der Waals surface area contributed by atoms with Crippen molar-refractivity contribution in [2.75, 3.05) is 18.0 Å². The van der Waals surface area contributed by atoms with Gasteiger partial charge in [0, 0.05) is 34.3 Å². The second-order valence-corrected chi connectivity index (χ2v) is 12.9. The first kappa shape index (κ1) is 34.6. The summed E-state index contributed by atoms with van der Waals surface area (Å²) in [4.78, 5) is 39.3. The van der Waals surface area contributed by atoms with Crippen molar-refractivity contribution in [3.05, 3.63) is 92.0 Å². The maximum absolute atomic E-state index is 14.2. The number of aryl methyl sites for hydroxylation is 1. The van der Waals surface area contributed by atoms with Gasteiger partial charge in [-0.25, -0.2) is 8.42 Å². The normalized spacial score (nSPS) is 12.0. The van der Waals surface area contributed by atoms with Crippen LogP contribution in [0.5, 0.6) is 5.75 Å². The van der Waals surface area contributed by atoms with E-state index in [0.29, 0.717) is 10.6 Å². The predicted octanol–water partition coefficient (Wildman–Crippen LogP) is 5.75. The maximum Gasteiger partial charge on any atom is 0.273 e. The standard InChI is InChI=1S/C30H34Cl2N4O7S/c1-6-25(30(38)33-19(2)3)34(17-21-9-7-8-10-24(21)32)29(37)18-35(27-15-22(31)12-14-28(27)43-5)44(41,42)23-13-11-20(4)26(16-23)36(39)40/h7-16,19,25H,6,17-18H2,1-5H3,(H,33,38). The number of sulfonamides is 1. The van der Waals surface area contributed by atoms with Crippen molar-refractivity contribution in [3.8, 4) is 5.75 Å². The molecule has 1 atom stereocenters. The molecule has 3 rings (SSSR count). The van der Waals surface area contributed by atoms with Gasteiger partial charge in [-0.15, -0.1) is 0 Å². The number of nitrogens with zero attached hydrogens (tertiary/aromatic N) is 3. The zero-order valence-electron chi connectivity index (χ0n) is 24.9. The summed E-state index contributed by atoms with van der Waals surface area (Å²) >= 11 is 12.7. The molecule has 44 heavy (non-hydrogen) atoms. The highest BCUT2D eigenvalue weighted by molar-refractivity contribution is 7.92. The van der Waals surface area contributed by atoms with Crippen LogP contribution in [0.2, 0.25) is 10.0 Å². The molecule has 0 aromatic heterocycles. The Morgan fingerprint density at radius 3 is 2.34 bits per heavy atom. The van der Waals surface area contributed by atoms with Gasteiger partial charge in [-0.1, -0.05) is 54.4 Å². The van der Waals surface area contributed by atoms with Gasteiger partial charge in [-0.3, -0.25) is 24.0 Å². The number of anilines is 1. The lowest BCUT2D eigenvalue weighted by atomic mass is 10.1. The van der Waals surface area contributed by atoms with Crippen molar-refractivity contribution >= 4 is 56.4 Å². The summed E-state index contributed by atoms with van der Waals surface area (Å²) in [6.45, 7) is 5.89. The van der Waals surface area contributed by atoms with Crippen LogP contribution in [0.15, 0.2) is 65.6 Å². The average molecular weight is 666 g/mol. The molecule has 236 valence electrons. The number of amides is 2. The Morgan fingerprint density at radius 1 is 1.07 bits per heavy atom. The number of hydrogen-bond donors (Lipinski definition) is 1. The highest BCUT2D eigenvalue weighted by Crippen LogP contribution is 2.36. The number of methoxy groups -OCH3 is 1. The van der Waals surface area contributed by atoms with Crippen LogP contribution in [0.3, 0.4) is 0 Å². The van der Waals surface area contributed by atoms with E-state index in [2.05, 4.69) is 5.32 Å². The molecular weight excluding hydrogens is 631 g/mol. The number of ether oxygens (including phenoxy) is 1. The fourth-order valence-corrected chi connectivity index (χ4v) is 6.35. The summed E-state index contributed by atoms with van der Waals surface area (Å²) in [5, 5.41) is 15.0. The minimum atomic E-state index is -4.64. The van der Waals surface area contributed by atoms with Crippen molar-refractivity contribution in [2.24, 2.45) is 0 Å². The first-order valence-corrected chi connectivity index (χ1v) is 15.8. The summed E-state index contributed by atoms with van der Waals surface area (Å²) in [6, 6.07) is 13.3. The fourth-order valence-electron chi connectivity index (χ4n) is 4.56. The lowest BCUT2D eigenvalue weighted by molar-refractivity contribution is -0.385. The fraction of sp³-hybridized carbons (Fsp3) is 0.333. The number of hydrogen-bond acceptors (Lipinski definition) is 7. The number of halogens is 2. The van der Waals surface area contributed by atoms with Crippen LogP contribution in [0.25, 0.3) is 0 Å². The first-order valence-electron chi connectivity index (χ1n) is 13.7. The van der Waals surface area contributed by atoms with Crippen molar-refractivity contribution in [1.29, 1.82) is 0 Å². The molecule has 0 aliphatic heterocycles. The molecule has 0 saturated heterocycles. The Labute approximate surface area is 266 Å². The van der Waals surface area contributed by atoms with E-state index in [1.807, 2.05) is 0 Å². The summed E-state index contributed by atoms with van der Waals surface area (Å²) in [7, 11) is -3.32. The van der Waals surface area contributed by atoms with Crippen LogP contribution in [-0.4, -0.2) is 55.8 Å². The summed E-state index contributed by atoms with van der Waals surface area (Å²) in [5.41, 5.74) is 0.313. The molecule has 1 N–H and O–H groups in total. The van der Waals surface area contributed by atoms with Gasteiger partial charge in [-0.05, 0) is 63.1 Å². The summed E-state index contributed by atoms with van der Waals surface area (Å²) in [5.74, 6) is -1.08. The van der Waals surface area contributed by atoms with Gasteiger partial charge in [-0.2, -0.15) is 0 Å². The second-order valence-electron chi connectivity index (χ2n) is 10.2. The van der Waals surface area contributed by atoms with Crippen molar-refractivity contribution in [2.45, 2.75) is 57.6 Å². The largest absolute Gasteiger partial charge is 0.495 e. The van der Waals surface area contributed by atoms with Crippen LogP contribution in [-0.2, 0) is 26.2 Å². The smallest absolute Gasteiger partial charge is 0.273 e. The van der Waals surface area contributed by atoms with Gasteiger partial charge in [0.2, 0.25) is 11.8 Å². The number of nitro groups is 1. The average Bonchev–Trinajstić information content (AvgIpc) is 2.96. The van der Waals surface area contributed by atoms with Gasteiger partial charge in [0.05, 0.1) is 22.6 Å². The van der Waals surface area contributed by atoms with Crippen LogP contribution in [0, 0.1) is 17.0 Å². The molecular formula is C30H34Cl2N4O7S. The van der Waals surface area contributed by atoms with Gasteiger partial charge >= 0.3 is 0 Å². The third kappa shape index (κ3) is 7.99. The minimum Gasteiger partial charge on any atom is -0.495 e. The first-order chi connectivity index (χ1) is 20.7. The molecule has 1 unspecified atom stereocenters.